The molecule has 0 aliphatic carbocycles. The van der Waals surface area contributed by atoms with Gasteiger partial charge in [-0.3, -0.25) is 0 Å². The molecule has 6 heteroatoms. The number of hydrogen-bond acceptors (Lipinski definition) is 2. The third kappa shape index (κ3) is 6.05. The molecule has 0 unspecified atom stereocenters. The van der Waals surface area contributed by atoms with Crippen molar-refractivity contribution in [2.45, 2.75) is 13.2 Å². The van der Waals surface area contributed by atoms with E-state index in [2.05, 4.69) is 4.99 Å². The summed E-state index contributed by atoms with van der Waals surface area (Å²) in [6.45, 7) is 0.718. The monoisotopic (exact) mass is 429 g/mol. The molecule has 0 saturated heterocycles. The molecule has 0 spiro atoms. The molecule has 0 bridgehead atoms. The van der Waals surface area contributed by atoms with Crippen LogP contribution >= 0.6 is 24.0 Å². The van der Waals surface area contributed by atoms with Gasteiger partial charge in [0.2, 0.25) is 0 Å². The number of nitrogens with zero attached hydrogens (tertiary/aromatic N) is 2. The Labute approximate surface area is 153 Å². The van der Waals surface area contributed by atoms with E-state index in [-0.39, 0.29) is 36.4 Å². The van der Waals surface area contributed by atoms with Crippen molar-refractivity contribution in [3.05, 3.63) is 65.5 Å². The number of halogens is 2. The standard InChI is InChI=1S/C17H20FN3O.HI/c1-21(2)17(19)20-11-13-7-9-15(10-8-13)22-12-14-5-3-4-6-16(14)18;/h3-10H,11-12H2,1-2H3,(H2,19,20);1H. The minimum absolute atomic E-state index is 0. The van der Waals surface area contributed by atoms with E-state index in [1.54, 1.807) is 23.1 Å². The second kappa shape index (κ2) is 9.34. The summed E-state index contributed by atoms with van der Waals surface area (Å²) in [5.41, 5.74) is 7.30. The van der Waals surface area contributed by atoms with E-state index in [9.17, 15) is 4.39 Å². The maximum atomic E-state index is 13.5. The van der Waals surface area contributed by atoms with Gasteiger partial charge in [-0.05, 0) is 23.8 Å². The molecule has 0 aromatic heterocycles. The van der Waals surface area contributed by atoms with Crippen molar-refractivity contribution < 1.29 is 9.13 Å². The second-order valence-corrected chi connectivity index (χ2v) is 5.09. The molecule has 2 aromatic rings. The highest BCUT2D eigenvalue weighted by molar-refractivity contribution is 14.0. The first-order chi connectivity index (χ1) is 10.6. The minimum Gasteiger partial charge on any atom is -0.489 e. The lowest BCUT2D eigenvalue weighted by Gasteiger charge is -2.10. The van der Waals surface area contributed by atoms with Crippen molar-refractivity contribution in [3.63, 3.8) is 0 Å². The number of nitrogens with two attached hydrogens (primary N) is 1. The Morgan fingerprint density at radius 1 is 1.13 bits per heavy atom. The molecule has 2 N–H and O–H groups in total. The maximum absolute atomic E-state index is 13.5. The average Bonchev–Trinajstić information content (AvgIpc) is 2.52. The first-order valence-electron chi connectivity index (χ1n) is 6.98. The smallest absolute Gasteiger partial charge is 0.191 e. The highest BCUT2D eigenvalue weighted by atomic mass is 127. The Morgan fingerprint density at radius 2 is 1.78 bits per heavy atom. The van der Waals surface area contributed by atoms with E-state index in [0.29, 0.717) is 23.8 Å². The molecule has 0 radical (unpaired) electrons. The fraction of sp³-hybridized carbons (Fsp3) is 0.235. The van der Waals surface area contributed by atoms with E-state index < -0.39 is 0 Å². The minimum atomic E-state index is -0.257. The Balaban J connectivity index is 0.00000264. The molecular formula is C17H21FIN3O. The van der Waals surface area contributed by atoms with E-state index in [4.69, 9.17) is 10.5 Å². The van der Waals surface area contributed by atoms with Gasteiger partial charge in [0.15, 0.2) is 5.96 Å². The lowest BCUT2D eigenvalue weighted by molar-refractivity contribution is 0.300. The lowest BCUT2D eigenvalue weighted by Crippen LogP contribution is -2.30. The van der Waals surface area contributed by atoms with Crippen LogP contribution in [0.5, 0.6) is 5.75 Å². The number of ether oxygens (including phenoxy) is 1. The number of aliphatic imine (C=N–C) groups is 1. The number of rotatable bonds is 5. The van der Waals surface area contributed by atoms with Crippen LogP contribution in [-0.4, -0.2) is 25.0 Å². The summed E-state index contributed by atoms with van der Waals surface area (Å²) in [4.78, 5) is 6.01. The van der Waals surface area contributed by atoms with Crippen LogP contribution in [0.3, 0.4) is 0 Å². The van der Waals surface area contributed by atoms with Crippen LogP contribution in [0, 0.1) is 5.82 Å². The largest absolute Gasteiger partial charge is 0.489 e. The van der Waals surface area contributed by atoms with Crippen LogP contribution in [0.4, 0.5) is 4.39 Å². The predicted octanol–water partition coefficient (Wildman–Crippen LogP) is 3.40. The van der Waals surface area contributed by atoms with Crippen molar-refractivity contribution in [1.29, 1.82) is 0 Å². The molecule has 0 saturated carbocycles. The zero-order valence-corrected chi connectivity index (χ0v) is 15.5. The molecule has 0 atom stereocenters. The molecule has 2 rings (SSSR count). The van der Waals surface area contributed by atoms with E-state index in [1.165, 1.54) is 6.07 Å². The summed E-state index contributed by atoms with van der Waals surface area (Å²) < 4.78 is 19.1. The van der Waals surface area contributed by atoms with Crippen molar-refractivity contribution in [2.24, 2.45) is 10.7 Å². The molecule has 0 fully saturated rings. The van der Waals surface area contributed by atoms with Crippen molar-refractivity contribution >= 4 is 29.9 Å². The summed E-state index contributed by atoms with van der Waals surface area (Å²) in [5, 5.41) is 0. The Bertz CT molecular complexity index is 645. The van der Waals surface area contributed by atoms with Crippen LogP contribution < -0.4 is 10.5 Å². The fourth-order valence-electron chi connectivity index (χ4n) is 1.78. The molecule has 0 amide bonds. The second-order valence-electron chi connectivity index (χ2n) is 5.09. The lowest BCUT2D eigenvalue weighted by atomic mass is 10.2. The topological polar surface area (TPSA) is 50.8 Å². The van der Waals surface area contributed by atoms with Gasteiger partial charge in [0.25, 0.3) is 0 Å². The van der Waals surface area contributed by atoms with Crippen LogP contribution in [0.1, 0.15) is 11.1 Å². The molecule has 0 aliphatic rings. The first kappa shape index (κ1) is 19.2. The van der Waals surface area contributed by atoms with Gasteiger partial charge in [-0.25, -0.2) is 9.38 Å². The van der Waals surface area contributed by atoms with Gasteiger partial charge in [-0.2, -0.15) is 0 Å². The van der Waals surface area contributed by atoms with Crippen molar-refractivity contribution in [2.75, 3.05) is 14.1 Å². The Morgan fingerprint density at radius 3 is 2.39 bits per heavy atom. The van der Waals surface area contributed by atoms with Gasteiger partial charge in [0.05, 0.1) is 6.54 Å². The van der Waals surface area contributed by atoms with Crippen LogP contribution in [-0.2, 0) is 13.2 Å². The summed E-state index contributed by atoms with van der Waals surface area (Å²) in [6.07, 6.45) is 0. The average molecular weight is 429 g/mol. The molecule has 2 aromatic carbocycles. The van der Waals surface area contributed by atoms with E-state index in [1.807, 2.05) is 38.4 Å². The van der Waals surface area contributed by atoms with Gasteiger partial charge < -0.3 is 15.4 Å². The zero-order chi connectivity index (χ0) is 15.9. The number of guanidine groups is 1. The third-order valence-electron chi connectivity index (χ3n) is 3.16. The maximum Gasteiger partial charge on any atom is 0.191 e. The normalized spacial score (nSPS) is 10.8. The van der Waals surface area contributed by atoms with Crippen LogP contribution in [0.2, 0.25) is 0 Å². The summed E-state index contributed by atoms with van der Waals surface area (Å²) in [7, 11) is 3.69. The third-order valence-corrected chi connectivity index (χ3v) is 3.16. The molecule has 0 aliphatic heterocycles. The molecular weight excluding hydrogens is 408 g/mol. The molecule has 0 heterocycles. The van der Waals surface area contributed by atoms with Crippen molar-refractivity contribution in [3.8, 4) is 5.75 Å². The number of benzene rings is 2. The molecule has 23 heavy (non-hydrogen) atoms. The molecule has 124 valence electrons. The van der Waals surface area contributed by atoms with Gasteiger partial charge in [-0.15, -0.1) is 24.0 Å². The van der Waals surface area contributed by atoms with E-state index in [0.717, 1.165) is 5.56 Å². The zero-order valence-electron chi connectivity index (χ0n) is 13.2. The highest BCUT2D eigenvalue weighted by Crippen LogP contribution is 2.16. The SMILES string of the molecule is CN(C)C(N)=NCc1ccc(OCc2ccccc2F)cc1.I. The predicted molar refractivity (Wildman–Crippen MR) is 102 cm³/mol. The van der Waals surface area contributed by atoms with Crippen molar-refractivity contribution in [1.82, 2.24) is 4.90 Å². The molecule has 4 nitrogen and oxygen atoms in total. The quantitative estimate of drug-likeness (QED) is 0.451. The summed E-state index contributed by atoms with van der Waals surface area (Å²) in [5.74, 6) is 0.920. The van der Waals surface area contributed by atoms with Gasteiger partial charge in [0.1, 0.15) is 18.2 Å². The van der Waals surface area contributed by atoms with Gasteiger partial charge in [0, 0.05) is 19.7 Å². The highest BCUT2D eigenvalue weighted by Gasteiger charge is 2.02. The van der Waals surface area contributed by atoms with E-state index >= 15 is 0 Å². The number of hydrogen-bond donors (Lipinski definition) is 1. The first-order valence-corrected chi connectivity index (χ1v) is 6.98. The van der Waals surface area contributed by atoms with Gasteiger partial charge >= 0.3 is 0 Å². The van der Waals surface area contributed by atoms with Gasteiger partial charge in [-0.1, -0.05) is 30.3 Å². The summed E-state index contributed by atoms with van der Waals surface area (Å²) >= 11 is 0. The Hall–Kier alpha value is -1.83. The Kier molecular flexibility index (Phi) is 7.80. The summed E-state index contributed by atoms with van der Waals surface area (Å²) in [6, 6.07) is 14.1. The van der Waals surface area contributed by atoms with Crippen LogP contribution in [0.15, 0.2) is 53.5 Å². The fourth-order valence-corrected chi connectivity index (χ4v) is 1.78. The van der Waals surface area contributed by atoms with Crippen LogP contribution in [0.25, 0.3) is 0 Å².